The van der Waals surface area contributed by atoms with Crippen molar-refractivity contribution in [3.05, 3.63) is 0 Å². The zero-order chi connectivity index (χ0) is 8.58. The normalized spacial score (nSPS) is 13.1. The summed E-state index contributed by atoms with van der Waals surface area (Å²) >= 11 is 0. The van der Waals surface area contributed by atoms with E-state index < -0.39 is 0 Å². The molecule has 1 nitrogen and oxygen atoms in total. The zero-order valence-electron chi connectivity index (χ0n) is 8.43. The first kappa shape index (κ1) is 14.2. The van der Waals surface area contributed by atoms with Gasteiger partial charge >= 0.3 is 0 Å². The Bertz CT molecular complexity index is 98.2. The Hall–Kier alpha value is 0.680. The number of nitrogens with zero attached hydrogens (tertiary/aromatic N) is 1. The molecule has 0 aliphatic heterocycles. The van der Waals surface area contributed by atoms with Gasteiger partial charge in [0.1, 0.15) is 0 Å². The van der Waals surface area contributed by atoms with Crippen molar-refractivity contribution >= 4 is 21.8 Å². The highest BCUT2D eigenvalue weighted by atomic mass is 35.5. The maximum Gasteiger partial charge on any atom is 0.0162 e. The lowest BCUT2D eigenvalue weighted by Gasteiger charge is -2.41. The minimum absolute atomic E-state index is 0. The average Bonchev–Trinajstić information content (AvgIpc) is 1.59. The van der Waals surface area contributed by atoms with E-state index in [1.807, 2.05) is 0 Å². The predicted molar refractivity (Wildman–Crippen MR) is 58.3 cm³/mol. The second kappa shape index (κ2) is 4.07. The smallest absolute Gasteiger partial charge is 0.0162 e. The molecule has 0 aromatic heterocycles. The monoisotopic (exact) mass is 197 g/mol. The number of hydrogen-bond donors (Lipinski definition) is 0. The molecule has 0 aliphatic rings. The van der Waals surface area contributed by atoms with Crippen LogP contribution in [0.3, 0.4) is 0 Å². The van der Waals surface area contributed by atoms with Gasteiger partial charge in [0.2, 0.25) is 0 Å². The highest BCUT2D eigenvalue weighted by Gasteiger charge is 2.27. The van der Waals surface area contributed by atoms with Crippen molar-refractivity contribution in [2.45, 2.75) is 52.6 Å². The summed E-state index contributed by atoms with van der Waals surface area (Å²) in [5.41, 5.74) is 0.478. The van der Waals surface area contributed by atoms with Crippen molar-refractivity contribution < 1.29 is 0 Å². The van der Waals surface area contributed by atoms with E-state index in [0.717, 1.165) is 0 Å². The molecule has 1 atom stereocenters. The topological polar surface area (TPSA) is 3.24 Å². The highest BCUT2D eigenvalue weighted by molar-refractivity contribution is 7.13. The molecular weight excluding hydrogens is 177 g/mol. The standard InChI is InChI=1S/C8H20NP.ClH/c1-7(2,3)9(10)8(4,5)6;/h10H2,1-6H3;1H. The Kier molecular flexibility index (Phi) is 5.26. The predicted octanol–water partition coefficient (Wildman–Crippen LogP) is 3.10. The zero-order valence-corrected chi connectivity index (χ0v) is 10.4. The van der Waals surface area contributed by atoms with Crippen molar-refractivity contribution in [1.82, 2.24) is 4.67 Å². The van der Waals surface area contributed by atoms with Crippen LogP contribution in [0.5, 0.6) is 0 Å². The molecule has 0 radical (unpaired) electrons. The van der Waals surface area contributed by atoms with Gasteiger partial charge in [0.25, 0.3) is 0 Å². The summed E-state index contributed by atoms with van der Waals surface area (Å²) in [7, 11) is 2.78. The minimum Gasteiger partial charge on any atom is -0.277 e. The van der Waals surface area contributed by atoms with E-state index in [-0.39, 0.29) is 23.5 Å². The molecule has 0 amide bonds. The highest BCUT2D eigenvalue weighted by Crippen LogP contribution is 2.28. The second-order valence-corrected chi connectivity index (χ2v) is 5.23. The Labute approximate surface area is 79.6 Å². The Morgan fingerprint density at radius 1 is 0.818 bits per heavy atom. The van der Waals surface area contributed by atoms with Crippen LogP contribution >= 0.6 is 21.8 Å². The third kappa shape index (κ3) is 5.00. The maximum absolute atomic E-state index is 2.78. The molecule has 0 aliphatic carbocycles. The molecule has 0 rings (SSSR count). The molecular formula is C8H21ClNP. The molecule has 1 unspecified atom stereocenters. The van der Waals surface area contributed by atoms with Crippen molar-refractivity contribution in [1.29, 1.82) is 0 Å². The van der Waals surface area contributed by atoms with Crippen LogP contribution < -0.4 is 0 Å². The lowest BCUT2D eigenvalue weighted by Crippen LogP contribution is -2.45. The van der Waals surface area contributed by atoms with Crippen molar-refractivity contribution in [2.75, 3.05) is 0 Å². The summed E-state index contributed by atoms with van der Waals surface area (Å²) in [6, 6.07) is 0. The van der Waals surface area contributed by atoms with Crippen LogP contribution in [-0.2, 0) is 0 Å². The van der Waals surface area contributed by atoms with Crippen molar-refractivity contribution in [2.24, 2.45) is 0 Å². The molecule has 0 N–H and O–H groups in total. The second-order valence-electron chi connectivity index (χ2n) is 4.71. The van der Waals surface area contributed by atoms with Crippen LogP contribution in [0.2, 0.25) is 0 Å². The summed E-state index contributed by atoms with van der Waals surface area (Å²) in [6.45, 7) is 13.3. The molecule has 0 fully saturated rings. The lowest BCUT2D eigenvalue weighted by molar-refractivity contribution is 0.155. The van der Waals surface area contributed by atoms with Crippen LogP contribution in [0.1, 0.15) is 41.5 Å². The van der Waals surface area contributed by atoms with E-state index in [1.54, 1.807) is 0 Å². The molecule has 70 valence electrons. The molecule has 0 saturated carbocycles. The average molecular weight is 198 g/mol. The fraction of sp³-hybridized carbons (Fsp3) is 1.00. The first-order valence-corrected chi connectivity index (χ1v) is 4.22. The molecule has 0 spiro atoms. The van der Waals surface area contributed by atoms with Gasteiger partial charge < -0.3 is 0 Å². The largest absolute Gasteiger partial charge is 0.277 e. The van der Waals surface area contributed by atoms with Crippen LogP contribution in [-0.4, -0.2) is 15.7 Å². The summed E-state index contributed by atoms with van der Waals surface area (Å²) < 4.78 is 2.29. The fourth-order valence-electron chi connectivity index (χ4n) is 1.01. The number of rotatable bonds is 0. The summed E-state index contributed by atoms with van der Waals surface area (Å²) in [5.74, 6) is 0. The van der Waals surface area contributed by atoms with Gasteiger partial charge in [0.15, 0.2) is 0 Å². The first-order valence-electron chi connectivity index (χ1n) is 3.71. The van der Waals surface area contributed by atoms with Gasteiger partial charge in [-0.1, -0.05) is 9.39 Å². The van der Waals surface area contributed by atoms with Crippen LogP contribution in [0, 0.1) is 0 Å². The van der Waals surface area contributed by atoms with Crippen LogP contribution in [0.15, 0.2) is 0 Å². The van der Waals surface area contributed by atoms with E-state index in [4.69, 9.17) is 0 Å². The van der Waals surface area contributed by atoms with E-state index in [1.165, 1.54) is 0 Å². The van der Waals surface area contributed by atoms with Gasteiger partial charge in [-0.3, -0.25) is 4.67 Å². The van der Waals surface area contributed by atoms with E-state index >= 15 is 0 Å². The van der Waals surface area contributed by atoms with E-state index in [0.29, 0.717) is 0 Å². The number of hydrogen-bond acceptors (Lipinski definition) is 1. The Morgan fingerprint density at radius 2 is 1.00 bits per heavy atom. The molecule has 0 heterocycles. The Morgan fingerprint density at radius 3 is 1.00 bits per heavy atom. The minimum atomic E-state index is 0. The fourth-order valence-corrected chi connectivity index (χ4v) is 1.01. The third-order valence-electron chi connectivity index (χ3n) is 1.45. The van der Waals surface area contributed by atoms with Gasteiger partial charge in [-0.05, 0) is 41.5 Å². The van der Waals surface area contributed by atoms with Gasteiger partial charge in [-0.15, -0.1) is 12.4 Å². The lowest BCUT2D eigenvalue weighted by atomic mass is 10.0. The van der Waals surface area contributed by atoms with Gasteiger partial charge in [-0.2, -0.15) is 0 Å². The summed E-state index contributed by atoms with van der Waals surface area (Å²) in [6.07, 6.45) is 0. The maximum atomic E-state index is 2.78. The van der Waals surface area contributed by atoms with Crippen molar-refractivity contribution in [3.63, 3.8) is 0 Å². The van der Waals surface area contributed by atoms with E-state index in [2.05, 4.69) is 55.6 Å². The van der Waals surface area contributed by atoms with Gasteiger partial charge in [0.05, 0.1) is 0 Å². The molecule has 0 aromatic carbocycles. The van der Waals surface area contributed by atoms with E-state index in [9.17, 15) is 0 Å². The molecule has 0 aromatic rings. The summed E-state index contributed by atoms with van der Waals surface area (Å²) in [4.78, 5) is 0. The molecule has 3 heteroatoms. The van der Waals surface area contributed by atoms with Crippen LogP contribution in [0.25, 0.3) is 0 Å². The van der Waals surface area contributed by atoms with Gasteiger partial charge in [-0.25, -0.2) is 0 Å². The molecule has 11 heavy (non-hydrogen) atoms. The third-order valence-corrected chi connectivity index (χ3v) is 2.99. The molecule has 0 saturated heterocycles. The van der Waals surface area contributed by atoms with Crippen LogP contribution in [0.4, 0.5) is 0 Å². The Balaban J connectivity index is 0. The summed E-state index contributed by atoms with van der Waals surface area (Å²) in [5, 5.41) is 0. The van der Waals surface area contributed by atoms with Gasteiger partial charge in [0, 0.05) is 11.1 Å². The first-order chi connectivity index (χ1) is 4.15. The number of halogens is 1. The quantitative estimate of drug-likeness (QED) is 0.540. The SMILES string of the molecule is CC(C)(C)N(P)C(C)(C)C.Cl. The molecule has 0 bridgehead atoms. The van der Waals surface area contributed by atoms with Crippen molar-refractivity contribution in [3.8, 4) is 0 Å².